The first kappa shape index (κ1) is 27.6. The van der Waals surface area contributed by atoms with Crippen LogP contribution < -0.4 is 0 Å². The van der Waals surface area contributed by atoms with Crippen LogP contribution in [0.1, 0.15) is 61.3 Å². The quantitative estimate of drug-likeness (QED) is 0.443. The number of amides is 4. The van der Waals surface area contributed by atoms with E-state index in [1.54, 1.807) is 67.5 Å². The van der Waals surface area contributed by atoms with Gasteiger partial charge >= 0.3 is 6.09 Å². The number of carbonyl (C=O) groups is 4. The fraction of sp³-hybridized carbons (Fsp3) is 0.783. The third-order valence-corrected chi connectivity index (χ3v) is 5.65. The van der Waals surface area contributed by atoms with Crippen molar-refractivity contribution in [3.05, 3.63) is 0 Å². The van der Waals surface area contributed by atoms with Gasteiger partial charge in [-0.3, -0.25) is 19.3 Å². The van der Waals surface area contributed by atoms with Crippen LogP contribution in [0.2, 0.25) is 0 Å². The largest absolute Gasteiger partial charge is 0.444 e. The molecule has 0 aromatic heterocycles. The summed E-state index contributed by atoms with van der Waals surface area (Å²) in [4.78, 5) is 61.7. The Bertz CT molecular complexity index is 834. The summed E-state index contributed by atoms with van der Waals surface area (Å²) < 4.78 is 11.5. The topological polar surface area (TPSA) is 112 Å². The molecule has 2 aliphatic heterocycles. The molecule has 0 aromatic carbocycles. The molecule has 0 aromatic rings. The fourth-order valence-corrected chi connectivity index (χ4v) is 4.24. The van der Waals surface area contributed by atoms with E-state index in [9.17, 15) is 19.2 Å². The SMILES string of the molecule is CC1OC(C)(C)N(C(=O)OC(C)(C)C)C1C(=O)N1CCCC(=O)N(CC(=O)N=CN(C)C)C1C. The van der Waals surface area contributed by atoms with Crippen LogP contribution in [0.4, 0.5) is 4.79 Å². The minimum absolute atomic E-state index is 0.205. The van der Waals surface area contributed by atoms with Gasteiger partial charge in [0, 0.05) is 27.1 Å². The van der Waals surface area contributed by atoms with Gasteiger partial charge in [0.2, 0.25) is 11.8 Å². The average Bonchev–Trinajstić information content (AvgIpc) is 2.84. The first-order valence-corrected chi connectivity index (χ1v) is 11.6. The third kappa shape index (κ3) is 6.46. The van der Waals surface area contributed by atoms with Gasteiger partial charge in [-0.2, -0.15) is 0 Å². The second-order valence-corrected chi connectivity index (χ2v) is 10.5. The standard InChI is InChI=1S/C23H39N5O6/c1-15-19(28(23(6,7)33-15)21(32)34-22(3,4)5)20(31)26-12-10-11-18(30)27(16(26)2)13-17(29)24-14-25(8)9/h14-16,19H,10-13H2,1-9H3. The third-order valence-electron chi connectivity index (χ3n) is 5.65. The van der Waals surface area contributed by atoms with Gasteiger partial charge in [0.05, 0.1) is 12.4 Å². The summed E-state index contributed by atoms with van der Waals surface area (Å²) in [6.45, 7) is 12.2. The molecule has 2 fully saturated rings. The second-order valence-electron chi connectivity index (χ2n) is 10.5. The maximum atomic E-state index is 13.8. The minimum Gasteiger partial charge on any atom is -0.444 e. The zero-order chi connectivity index (χ0) is 26.0. The lowest BCUT2D eigenvalue weighted by Crippen LogP contribution is -2.59. The summed E-state index contributed by atoms with van der Waals surface area (Å²) in [6.07, 6.45) is 0.0771. The van der Waals surface area contributed by atoms with Crippen LogP contribution in [-0.4, -0.2) is 107 Å². The Labute approximate surface area is 202 Å². The highest BCUT2D eigenvalue weighted by Gasteiger charge is 2.54. The number of hydrogen-bond donors (Lipinski definition) is 0. The van der Waals surface area contributed by atoms with Crippen molar-refractivity contribution < 1.29 is 28.7 Å². The van der Waals surface area contributed by atoms with E-state index in [0.717, 1.165) is 0 Å². The molecule has 0 spiro atoms. The van der Waals surface area contributed by atoms with Gasteiger partial charge in [0.15, 0.2) is 0 Å². The highest BCUT2D eigenvalue weighted by atomic mass is 16.6. The molecule has 34 heavy (non-hydrogen) atoms. The normalized spacial score (nSPS) is 25.5. The van der Waals surface area contributed by atoms with Crippen LogP contribution in [0.25, 0.3) is 0 Å². The summed E-state index contributed by atoms with van der Waals surface area (Å²) in [5.41, 5.74) is -1.82. The molecule has 0 N–H and O–H groups in total. The summed E-state index contributed by atoms with van der Waals surface area (Å²) in [6, 6.07) is -0.940. The predicted molar refractivity (Wildman–Crippen MR) is 126 cm³/mol. The van der Waals surface area contributed by atoms with E-state index < -0.39 is 41.6 Å². The highest BCUT2D eigenvalue weighted by molar-refractivity contribution is 5.91. The summed E-state index contributed by atoms with van der Waals surface area (Å²) >= 11 is 0. The number of rotatable bonds is 4. The lowest BCUT2D eigenvalue weighted by atomic mass is 10.1. The Balaban J connectivity index is 2.32. The first-order valence-electron chi connectivity index (χ1n) is 11.6. The van der Waals surface area contributed by atoms with Crippen LogP contribution in [0.15, 0.2) is 4.99 Å². The Hall–Kier alpha value is -2.69. The van der Waals surface area contributed by atoms with E-state index in [1.807, 2.05) is 0 Å². The molecule has 0 bridgehead atoms. The Morgan fingerprint density at radius 2 is 1.85 bits per heavy atom. The lowest BCUT2D eigenvalue weighted by Gasteiger charge is -2.39. The van der Waals surface area contributed by atoms with Crippen molar-refractivity contribution in [2.24, 2.45) is 4.99 Å². The van der Waals surface area contributed by atoms with Gasteiger partial charge in [-0.25, -0.2) is 9.79 Å². The molecule has 0 saturated carbocycles. The van der Waals surface area contributed by atoms with Gasteiger partial charge < -0.3 is 24.2 Å². The van der Waals surface area contributed by atoms with E-state index in [1.165, 1.54) is 21.0 Å². The van der Waals surface area contributed by atoms with Crippen LogP contribution >= 0.6 is 0 Å². The van der Waals surface area contributed by atoms with E-state index >= 15 is 0 Å². The van der Waals surface area contributed by atoms with Crippen molar-refractivity contribution in [1.29, 1.82) is 0 Å². The molecule has 2 rings (SSSR count). The number of nitrogens with zero attached hydrogens (tertiary/aromatic N) is 5. The minimum atomic E-state index is -1.07. The van der Waals surface area contributed by atoms with Crippen molar-refractivity contribution in [2.45, 2.75) is 90.9 Å². The first-order chi connectivity index (χ1) is 15.5. The van der Waals surface area contributed by atoms with Crippen molar-refractivity contribution in [1.82, 2.24) is 19.6 Å². The molecule has 0 aliphatic carbocycles. The molecular formula is C23H39N5O6. The fourth-order valence-electron chi connectivity index (χ4n) is 4.24. The van der Waals surface area contributed by atoms with Crippen molar-refractivity contribution in [3.63, 3.8) is 0 Å². The van der Waals surface area contributed by atoms with Gasteiger partial charge in [-0.05, 0) is 54.9 Å². The van der Waals surface area contributed by atoms with Crippen LogP contribution in [0.3, 0.4) is 0 Å². The molecule has 11 nitrogen and oxygen atoms in total. The monoisotopic (exact) mass is 481 g/mol. The maximum absolute atomic E-state index is 13.8. The number of hydrogen-bond acceptors (Lipinski definition) is 6. The van der Waals surface area contributed by atoms with E-state index in [2.05, 4.69) is 4.99 Å². The summed E-state index contributed by atoms with van der Waals surface area (Å²) in [5, 5.41) is 0. The summed E-state index contributed by atoms with van der Waals surface area (Å²) in [5.74, 6) is -1.08. The smallest absolute Gasteiger partial charge is 0.413 e. The van der Waals surface area contributed by atoms with E-state index in [4.69, 9.17) is 9.47 Å². The summed E-state index contributed by atoms with van der Waals surface area (Å²) in [7, 11) is 3.47. The van der Waals surface area contributed by atoms with Gasteiger partial charge in [0.1, 0.15) is 30.1 Å². The lowest BCUT2D eigenvalue weighted by molar-refractivity contribution is -0.148. The molecule has 3 unspecified atom stereocenters. The Morgan fingerprint density at radius 3 is 2.41 bits per heavy atom. The number of ether oxygens (including phenoxy) is 2. The molecule has 4 amide bonds. The number of aliphatic imine (C=N–C) groups is 1. The average molecular weight is 482 g/mol. The molecule has 3 atom stereocenters. The molecule has 0 radical (unpaired) electrons. The zero-order valence-corrected chi connectivity index (χ0v) is 21.8. The Morgan fingerprint density at radius 1 is 1.24 bits per heavy atom. The van der Waals surface area contributed by atoms with Gasteiger partial charge in [0.25, 0.3) is 5.91 Å². The molecule has 2 heterocycles. The zero-order valence-electron chi connectivity index (χ0n) is 21.8. The maximum Gasteiger partial charge on any atom is 0.413 e. The van der Waals surface area contributed by atoms with E-state index in [-0.39, 0.29) is 24.8 Å². The van der Waals surface area contributed by atoms with Gasteiger partial charge in [-0.15, -0.1) is 0 Å². The Kier molecular flexibility index (Phi) is 8.34. The van der Waals surface area contributed by atoms with Crippen LogP contribution in [0.5, 0.6) is 0 Å². The predicted octanol–water partition coefficient (Wildman–Crippen LogP) is 1.66. The van der Waals surface area contributed by atoms with Gasteiger partial charge in [-0.1, -0.05) is 0 Å². The van der Waals surface area contributed by atoms with Crippen molar-refractivity contribution in [2.75, 3.05) is 27.2 Å². The van der Waals surface area contributed by atoms with Crippen molar-refractivity contribution in [3.8, 4) is 0 Å². The highest BCUT2D eigenvalue weighted by Crippen LogP contribution is 2.35. The molecule has 2 saturated heterocycles. The second kappa shape index (κ2) is 10.3. The van der Waals surface area contributed by atoms with E-state index in [0.29, 0.717) is 13.0 Å². The van der Waals surface area contributed by atoms with Crippen LogP contribution in [-0.2, 0) is 23.9 Å². The molecular weight excluding hydrogens is 442 g/mol. The van der Waals surface area contributed by atoms with Crippen LogP contribution in [0, 0.1) is 0 Å². The number of carbonyl (C=O) groups excluding carboxylic acids is 4. The molecule has 11 heteroatoms. The molecule has 192 valence electrons. The molecule has 2 aliphatic rings. The van der Waals surface area contributed by atoms with Crippen molar-refractivity contribution >= 4 is 30.2 Å².